The minimum absolute atomic E-state index is 0.00505. The topological polar surface area (TPSA) is 58.4 Å². The van der Waals surface area contributed by atoms with Crippen LogP contribution in [0.5, 0.6) is 0 Å². The number of likely N-dealkylation sites (tertiary alicyclic amines) is 1. The summed E-state index contributed by atoms with van der Waals surface area (Å²) in [6.07, 6.45) is 4.67. The third kappa shape index (κ3) is 3.60. The first kappa shape index (κ1) is 15.0. The van der Waals surface area contributed by atoms with E-state index in [0.29, 0.717) is 13.0 Å². The maximum atomic E-state index is 12.4. The van der Waals surface area contributed by atoms with Gasteiger partial charge in [0, 0.05) is 25.2 Å². The second kappa shape index (κ2) is 6.88. The van der Waals surface area contributed by atoms with E-state index in [9.17, 15) is 9.90 Å². The van der Waals surface area contributed by atoms with E-state index in [1.807, 2.05) is 29.5 Å². The predicted molar refractivity (Wildman–Crippen MR) is 77.4 cm³/mol. The van der Waals surface area contributed by atoms with Crippen molar-refractivity contribution in [2.24, 2.45) is 0 Å². The monoisotopic (exact) mass is 279 g/mol. The van der Waals surface area contributed by atoms with Gasteiger partial charge in [-0.05, 0) is 32.8 Å². The summed E-state index contributed by atoms with van der Waals surface area (Å²) in [5, 5.41) is 13.8. The third-order valence-electron chi connectivity index (χ3n) is 4.05. The molecule has 1 aliphatic rings. The van der Waals surface area contributed by atoms with E-state index in [2.05, 4.69) is 5.10 Å². The fourth-order valence-electron chi connectivity index (χ4n) is 2.94. The van der Waals surface area contributed by atoms with Gasteiger partial charge < -0.3 is 10.0 Å². The molecule has 112 valence electrons. The number of hydrogen-bond donors (Lipinski definition) is 1. The molecular formula is C15H25N3O2. The Balaban J connectivity index is 1.94. The first-order valence-electron chi connectivity index (χ1n) is 7.53. The van der Waals surface area contributed by atoms with E-state index in [0.717, 1.165) is 43.6 Å². The van der Waals surface area contributed by atoms with Crippen LogP contribution in [0.25, 0.3) is 0 Å². The molecule has 1 aliphatic heterocycles. The summed E-state index contributed by atoms with van der Waals surface area (Å²) in [4.78, 5) is 14.3. The zero-order valence-electron chi connectivity index (χ0n) is 12.5. The molecule has 0 aromatic carbocycles. The SMILES string of the molecule is Cc1cc(C)n(CCC(=O)N2CCCCCC2CO)n1. The van der Waals surface area contributed by atoms with Crippen LogP contribution >= 0.6 is 0 Å². The third-order valence-corrected chi connectivity index (χ3v) is 4.05. The standard InChI is InChI=1S/C15H25N3O2/c1-12-10-13(2)18(16-12)9-7-15(20)17-8-5-3-4-6-14(17)11-19/h10,14,19H,3-9,11H2,1-2H3. The zero-order valence-corrected chi connectivity index (χ0v) is 12.5. The van der Waals surface area contributed by atoms with Crippen molar-refractivity contribution in [1.82, 2.24) is 14.7 Å². The van der Waals surface area contributed by atoms with Crippen molar-refractivity contribution in [3.8, 4) is 0 Å². The van der Waals surface area contributed by atoms with Crippen LogP contribution in [-0.2, 0) is 11.3 Å². The Morgan fingerprint density at radius 1 is 1.40 bits per heavy atom. The van der Waals surface area contributed by atoms with Crippen LogP contribution < -0.4 is 0 Å². The molecule has 1 aromatic rings. The molecule has 1 unspecified atom stereocenters. The molecule has 0 saturated carbocycles. The van der Waals surface area contributed by atoms with Crippen LogP contribution in [0.4, 0.5) is 0 Å². The molecule has 0 aliphatic carbocycles. The number of hydrogen-bond acceptors (Lipinski definition) is 3. The lowest BCUT2D eigenvalue weighted by molar-refractivity contribution is -0.134. The molecule has 1 N–H and O–H groups in total. The van der Waals surface area contributed by atoms with Gasteiger partial charge in [-0.2, -0.15) is 5.10 Å². The summed E-state index contributed by atoms with van der Waals surface area (Å²) in [6, 6.07) is 2.03. The van der Waals surface area contributed by atoms with Crippen LogP contribution in [0.1, 0.15) is 43.5 Å². The minimum atomic E-state index is 0.00505. The van der Waals surface area contributed by atoms with Crippen LogP contribution in [0, 0.1) is 13.8 Å². The number of nitrogens with zero attached hydrogens (tertiary/aromatic N) is 3. The Morgan fingerprint density at radius 2 is 2.20 bits per heavy atom. The Morgan fingerprint density at radius 3 is 2.85 bits per heavy atom. The number of carbonyl (C=O) groups excluding carboxylic acids is 1. The molecule has 5 heteroatoms. The Kier molecular flexibility index (Phi) is 5.17. The molecule has 1 saturated heterocycles. The molecule has 1 atom stereocenters. The number of aryl methyl sites for hydroxylation is 3. The Bertz CT molecular complexity index is 456. The maximum absolute atomic E-state index is 12.4. The first-order chi connectivity index (χ1) is 9.61. The molecule has 0 bridgehead atoms. The van der Waals surface area contributed by atoms with E-state index >= 15 is 0 Å². The van der Waals surface area contributed by atoms with Gasteiger partial charge in [0.1, 0.15) is 0 Å². The van der Waals surface area contributed by atoms with Gasteiger partial charge >= 0.3 is 0 Å². The summed E-state index contributed by atoms with van der Waals surface area (Å²) in [7, 11) is 0. The number of aliphatic hydroxyl groups excluding tert-OH is 1. The van der Waals surface area contributed by atoms with E-state index in [4.69, 9.17) is 0 Å². The number of amides is 1. The highest BCUT2D eigenvalue weighted by atomic mass is 16.3. The fraction of sp³-hybridized carbons (Fsp3) is 0.733. The quantitative estimate of drug-likeness (QED) is 0.912. The molecule has 2 rings (SSSR count). The number of aromatic nitrogens is 2. The summed E-state index contributed by atoms with van der Waals surface area (Å²) in [5.74, 6) is 0.138. The first-order valence-corrected chi connectivity index (χ1v) is 7.53. The van der Waals surface area contributed by atoms with Gasteiger partial charge in [0.05, 0.1) is 18.3 Å². The largest absolute Gasteiger partial charge is 0.394 e. The fourth-order valence-corrected chi connectivity index (χ4v) is 2.94. The average molecular weight is 279 g/mol. The Labute approximate surface area is 120 Å². The van der Waals surface area contributed by atoms with E-state index in [1.54, 1.807) is 0 Å². The molecule has 1 aromatic heterocycles. The van der Waals surface area contributed by atoms with Crippen LogP contribution in [-0.4, -0.2) is 44.9 Å². The molecule has 1 fully saturated rings. The highest BCUT2D eigenvalue weighted by Gasteiger charge is 2.24. The van der Waals surface area contributed by atoms with Crippen LogP contribution in [0.3, 0.4) is 0 Å². The predicted octanol–water partition coefficient (Wildman–Crippen LogP) is 1.65. The van der Waals surface area contributed by atoms with Crippen molar-refractivity contribution >= 4 is 5.91 Å². The molecule has 1 amide bonds. The van der Waals surface area contributed by atoms with Crippen LogP contribution in [0.15, 0.2) is 6.07 Å². The second-order valence-corrected chi connectivity index (χ2v) is 5.67. The van der Waals surface area contributed by atoms with E-state index in [-0.39, 0.29) is 18.6 Å². The second-order valence-electron chi connectivity index (χ2n) is 5.67. The van der Waals surface area contributed by atoms with Gasteiger partial charge in [0.2, 0.25) is 5.91 Å². The van der Waals surface area contributed by atoms with Gasteiger partial charge in [-0.15, -0.1) is 0 Å². The summed E-state index contributed by atoms with van der Waals surface area (Å²) in [5.41, 5.74) is 2.07. The van der Waals surface area contributed by atoms with Gasteiger partial charge in [0.15, 0.2) is 0 Å². The maximum Gasteiger partial charge on any atom is 0.224 e. The van der Waals surface area contributed by atoms with Crippen molar-refractivity contribution in [3.05, 3.63) is 17.5 Å². The molecular weight excluding hydrogens is 254 g/mol. The zero-order chi connectivity index (χ0) is 14.5. The number of rotatable bonds is 4. The van der Waals surface area contributed by atoms with Crippen LogP contribution in [0.2, 0.25) is 0 Å². The highest BCUT2D eigenvalue weighted by molar-refractivity contribution is 5.76. The summed E-state index contributed by atoms with van der Waals surface area (Å²) < 4.78 is 1.89. The summed E-state index contributed by atoms with van der Waals surface area (Å²) >= 11 is 0. The van der Waals surface area contributed by atoms with Gasteiger partial charge in [-0.3, -0.25) is 9.48 Å². The van der Waals surface area contributed by atoms with Crippen molar-refractivity contribution < 1.29 is 9.90 Å². The number of carbonyl (C=O) groups is 1. The lowest BCUT2D eigenvalue weighted by Gasteiger charge is -2.28. The lowest BCUT2D eigenvalue weighted by atomic mass is 10.1. The lowest BCUT2D eigenvalue weighted by Crippen LogP contribution is -2.42. The van der Waals surface area contributed by atoms with Crippen molar-refractivity contribution in [1.29, 1.82) is 0 Å². The minimum Gasteiger partial charge on any atom is -0.394 e. The summed E-state index contributed by atoms with van der Waals surface area (Å²) in [6.45, 7) is 5.44. The van der Waals surface area contributed by atoms with Gasteiger partial charge in [-0.1, -0.05) is 12.8 Å². The molecule has 0 spiro atoms. The van der Waals surface area contributed by atoms with Gasteiger partial charge in [0.25, 0.3) is 0 Å². The van der Waals surface area contributed by atoms with Gasteiger partial charge in [-0.25, -0.2) is 0 Å². The average Bonchev–Trinajstić information content (AvgIpc) is 2.65. The van der Waals surface area contributed by atoms with Crippen molar-refractivity contribution in [2.45, 2.75) is 58.5 Å². The number of aliphatic hydroxyl groups is 1. The Hall–Kier alpha value is -1.36. The normalized spacial score (nSPS) is 19.9. The molecule has 20 heavy (non-hydrogen) atoms. The molecule has 0 radical (unpaired) electrons. The molecule has 5 nitrogen and oxygen atoms in total. The smallest absolute Gasteiger partial charge is 0.224 e. The van der Waals surface area contributed by atoms with E-state index < -0.39 is 0 Å². The van der Waals surface area contributed by atoms with Crippen molar-refractivity contribution in [3.63, 3.8) is 0 Å². The molecule has 2 heterocycles. The van der Waals surface area contributed by atoms with Crippen molar-refractivity contribution in [2.75, 3.05) is 13.2 Å². The highest BCUT2D eigenvalue weighted by Crippen LogP contribution is 2.17. The van der Waals surface area contributed by atoms with E-state index in [1.165, 1.54) is 0 Å².